The van der Waals surface area contributed by atoms with E-state index in [4.69, 9.17) is 5.11 Å². The number of amides is 1. The molecule has 4 heteroatoms. The molecule has 0 aliphatic carbocycles. The SMILES string of the molecule is Cc1cc(C#CCO)ccc1NC(=O)CN(C)C. The number of aliphatic hydroxyl groups is 1. The zero-order valence-corrected chi connectivity index (χ0v) is 10.9. The number of likely N-dealkylation sites (N-methyl/N-ethyl adjacent to an activating group) is 1. The number of hydrogen-bond acceptors (Lipinski definition) is 3. The number of carbonyl (C=O) groups is 1. The molecule has 18 heavy (non-hydrogen) atoms. The Labute approximate surface area is 108 Å². The zero-order valence-electron chi connectivity index (χ0n) is 10.9. The lowest BCUT2D eigenvalue weighted by Gasteiger charge is -2.12. The topological polar surface area (TPSA) is 52.6 Å². The minimum absolute atomic E-state index is 0.0442. The first-order chi connectivity index (χ1) is 8.52. The Morgan fingerprint density at radius 3 is 2.72 bits per heavy atom. The van der Waals surface area contributed by atoms with E-state index in [2.05, 4.69) is 17.2 Å². The Morgan fingerprint density at radius 2 is 2.17 bits per heavy atom. The summed E-state index contributed by atoms with van der Waals surface area (Å²) in [6.07, 6.45) is 0. The van der Waals surface area contributed by atoms with Gasteiger partial charge in [0.2, 0.25) is 5.91 Å². The summed E-state index contributed by atoms with van der Waals surface area (Å²) in [6.45, 7) is 2.11. The molecular weight excluding hydrogens is 228 g/mol. The van der Waals surface area contributed by atoms with E-state index in [9.17, 15) is 4.79 Å². The van der Waals surface area contributed by atoms with Gasteiger partial charge < -0.3 is 15.3 Å². The van der Waals surface area contributed by atoms with Gasteiger partial charge in [0.15, 0.2) is 0 Å². The summed E-state index contributed by atoms with van der Waals surface area (Å²) in [6, 6.07) is 5.53. The van der Waals surface area contributed by atoms with Crippen molar-refractivity contribution in [2.24, 2.45) is 0 Å². The number of nitrogens with one attached hydrogen (secondary N) is 1. The maximum absolute atomic E-state index is 11.6. The van der Waals surface area contributed by atoms with Crippen molar-refractivity contribution in [2.75, 3.05) is 32.6 Å². The van der Waals surface area contributed by atoms with Gasteiger partial charge in [-0.15, -0.1) is 0 Å². The van der Waals surface area contributed by atoms with Crippen LogP contribution in [-0.4, -0.2) is 43.2 Å². The van der Waals surface area contributed by atoms with E-state index in [1.807, 2.05) is 44.1 Å². The highest BCUT2D eigenvalue weighted by Gasteiger charge is 2.05. The zero-order chi connectivity index (χ0) is 13.5. The molecule has 0 atom stereocenters. The van der Waals surface area contributed by atoms with Gasteiger partial charge in [0.25, 0.3) is 0 Å². The van der Waals surface area contributed by atoms with E-state index < -0.39 is 0 Å². The Balaban J connectivity index is 2.77. The first kappa shape index (κ1) is 14.2. The van der Waals surface area contributed by atoms with Gasteiger partial charge in [0, 0.05) is 11.3 Å². The smallest absolute Gasteiger partial charge is 0.238 e. The van der Waals surface area contributed by atoms with Crippen molar-refractivity contribution in [3.63, 3.8) is 0 Å². The first-order valence-corrected chi connectivity index (χ1v) is 5.68. The number of benzene rings is 1. The molecular formula is C14H18N2O2. The van der Waals surface area contributed by atoms with Crippen molar-refractivity contribution in [1.29, 1.82) is 0 Å². The Kier molecular flexibility index (Phi) is 5.37. The van der Waals surface area contributed by atoms with Gasteiger partial charge in [-0.1, -0.05) is 11.8 Å². The third-order valence-corrected chi connectivity index (χ3v) is 2.27. The highest BCUT2D eigenvalue weighted by atomic mass is 16.2. The van der Waals surface area contributed by atoms with Crippen LogP contribution in [0, 0.1) is 18.8 Å². The summed E-state index contributed by atoms with van der Waals surface area (Å²) in [5, 5.41) is 11.5. The molecule has 0 unspecified atom stereocenters. The molecule has 0 saturated carbocycles. The van der Waals surface area contributed by atoms with Gasteiger partial charge in [-0.3, -0.25) is 4.79 Å². The maximum atomic E-state index is 11.6. The van der Waals surface area contributed by atoms with Gasteiger partial charge in [-0.25, -0.2) is 0 Å². The molecule has 0 radical (unpaired) electrons. The van der Waals surface area contributed by atoms with Crippen molar-refractivity contribution < 1.29 is 9.90 Å². The van der Waals surface area contributed by atoms with Crippen LogP contribution >= 0.6 is 0 Å². The van der Waals surface area contributed by atoms with Crippen LogP contribution in [0.3, 0.4) is 0 Å². The summed E-state index contributed by atoms with van der Waals surface area (Å²) >= 11 is 0. The molecule has 4 nitrogen and oxygen atoms in total. The van der Waals surface area contributed by atoms with Crippen LogP contribution in [0.25, 0.3) is 0 Å². The van der Waals surface area contributed by atoms with Crippen LogP contribution in [0.2, 0.25) is 0 Å². The van der Waals surface area contributed by atoms with Gasteiger partial charge in [-0.05, 0) is 44.8 Å². The summed E-state index contributed by atoms with van der Waals surface area (Å²) < 4.78 is 0. The average Bonchev–Trinajstić information content (AvgIpc) is 2.28. The van der Waals surface area contributed by atoms with Crippen molar-refractivity contribution in [3.05, 3.63) is 29.3 Å². The van der Waals surface area contributed by atoms with E-state index in [1.165, 1.54) is 0 Å². The molecule has 0 aromatic heterocycles. The molecule has 1 rings (SSSR count). The quantitative estimate of drug-likeness (QED) is 0.777. The minimum atomic E-state index is -0.152. The van der Waals surface area contributed by atoms with E-state index >= 15 is 0 Å². The molecule has 0 fully saturated rings. The molecule has 0 spiro atoms. The second-order valence-electron chi connectivity index (χ2n) is 4.28. The first-order valence-electron chi connectivity index (χ1n) is 5.68. The molecule has 0 heterocycles. The molecule has 96 valence electrons. The highest BCUT2D eigenvalue weighted by Crippen LogP contribution is 2.15. The van der Waals surface area contributed by atoms with Crippen molar-refractivity contribution in [2.45, 2.75) is 6.92 Å². The lowest BCUT2D eigenvalue weighted by Crippen LogP contribution is -2.27. The van der Waals surface area contributed by atoms with E-state index in [1.54, 1.807) is 0 Å². The van der Waals surface area contributed by atoms with Crippen molar-refractivity contribution >= 4 is 11.6 Å². The third-order valence-electron chi connectivity index (χ3n) is 2.27. The van der Waals surface area contributed by atoms with E-state index in [-0.39, 0.29) is 12.5 Å². The number of hydrogen-bond donors (Lipinski definition) is 2. The van der Waals surface area contributed by atoms with Crippen molar-refractivity contribution in [1.82, 2.24) is 4.90 Å². The number of rotatable bonds is 3. The summed E-state index contributed by atoms with van der Waals surface area (Å²) in [5.41, 5.74) is 2.57. The molecule has 0 aliphatic rings. The molecule has 1 aromatic carbocycles. The van der Waals surface area contributed by atoms with E-state index in [0.29, 0.717) is 6.54 Å². The summed E-state index contributed by atoms with van der Waals surface area (Å²) in [5.74, 6) is 5.37. The molecule has 0 bridgehead atoms. The Morgan fingerprint density at radius 1 is 1.44 bits per heavy atom. The number of aliphatic hydroxyl groups excluding tert-OH is 1. The van der Waals surface area contributed by atoms with E-state index in [0.717, 1.165) is 16.8 Å². The van der Waals surface area contributed by atoms with Crippen LogP contribution in [0.4, 0.5) is 5.69 Å². The number of anilines is 1. The number of nitrogens with zero attached hydrogens (tertiary/aromatic N) is 1. The fourth-order valence-corrected chi connectivity index (χ4v) is 1.50. The third kappa shape index (κ3) is 4.58. The predicted octanol–water partition coefficient (Wildman–Crippen LogP) is 0.839. The normalized spacial score (nSPS) is 9.83. The largest absolute Gasteiger partial charge is 0.384 e. The number of carbonyl (C=O) groups excluding carboxylic acids is 1. The van der Waals surface area contributed by atoms with Crippen LogP contribution < -0.4 is 5.32 Å². The van der Waals surface area contributed by atoms with Crippen molar-refractivity contribution in [3.8, 4) is 11.8 Å². The van der Waals surface area contributed by atoms with Gasteiger partial charge >= 0.3 is 0 Å². The van der Waals surface area contributed by atoms with Crippen LogP contribution in [0.5, 0.6) is 0 Å². The van der Waals surface area contributed by atoms with Gasteiger partial charge in [0.1, 0.15) is 6.61 Å². The molecule has 2 N–H and O–H groups in total. The van der Waals surface area contributed by atoms with Crippen LogP contribution in [-0.2, 0) is 4.79 Å². The summed E-state index contributed by atoms with van der Waals surface area (Å²) in [7, 11) is 3.69. The van der Waals surface area contributed by atoms with Gasteiger partial charge in [-0.2, -0.15) is 0 Å². The molecule has 0 saturated heterocycles. The maximum Gasteiger partial charge on any atom is 0.238 e. The second-order valence-corrected chi connectivity index (χ2v) is 4.28. The minimum Gasteiger partial charge on any atom is -0.384 e. The Hall–Kier alpha value is -1.83. The highest BCUT2D eigenvalue weighted by molar-refractivity contribution is 5.93. The number of aryl methyl sites for hydroxylation is 1. The predicted molar refractivity (Wildman–Crippen MR) is 72.3 cm³/mol. The van der Waals surface area contributed by atoms with Gasteiger partial charge in [0.05, 0.1) is 6.54 Å². The fourth-order valence-electron chi connectivity index (χ4n) is 1.50. The average molecular weight is 246 g/mol. The fraction of sp³-hybridized carbons (Fsp3) is 0.357. The van der Waals surface area contributed by atoms with Crippen LogP contribution in [0.1, 0.15) is 11.1 Å². The second kappa shape index (κ2) is 6.80. The molecule has 0 aliphatic heterocycles. The lowest BCUT2D eigenvalue weighted by molar-refractivity contribution is -0.116. The monoisotopic (exact) mass is 246 g/mol. The molecule has 1 aromatic rings. The standard InChI is InChI=1S/C14H18N2O2/c1-11-9-12(5-4-8-17)6-7-13(11)15-14(18)10-16(2)3/h6-7,9,17H,8,10H2,1-3H3,(H,15,18). The Bertz CT molecular complexity index is 484. The van der Waals surface area contributed by atoms with Crippen LogP contribution in [0.15, 0.2) is 18.2 Å². The summed E-state index contributed by atoms with van der Waals surface area (Å²) in [4.78, 5) is 13.4. The lowest BCUT2D eigenvalue weighted by atomic mass is 10.1. The molecule has 1 amide bonds.